The van der Waals surface area contributed by atoms with E-state index in [1.807, 2.05) is 0 Å². The van der Waals surface area contributed by atoms with Crippen LogP contribution in [0.25, 0.3) is 0 Å². The molecule has 0 bridgehead atoms. The number of alkyl halides is 9. The number of rotatable bonds is 8. The predicted octanol–water partition coefficient (Wildman–Crippen LogP) is 2.84. The molecule has 0 aromatic heterocycles. The summed E-state index contributed by atoms with van der Waals surface area (Å²) in [7, 11) is 0. The van der Waals surface area contributed by atoms with Crippen LogP contribution in [0.2, 0.25) is 0 Å². The zero-order valence-corrected chi connectivity index (χ0v) is 13.0. The van der Waals surface area contributed by atoms with Crippen LogP contribution in [0.5, 0.6) is 0 Å². The molecule has 6 nitrogen and oxygen atoms in total. The summed E-state index contributed by atoms with van der Waals surface area (Å²) in [6.07, 6.45) is -19.4. The van der Waals surface area contributed by atoms with Crippen molar-refractivity contribution in [3.63, 3.8) is 0 Å². The van der Waals surface area contributed by atoms with Crippen molar-refractivity contribution in [2.75, 3.05) is 13.2 Å². The summed E-state index contributed by atoms with van der Waals surface area (Å²) in [5, 5.41) is 0. The van der Waals surface area contributed by atoms with Crippen molar-refractivity contribution < 1.29 is 68.1 Å². The topological polar surface area (TPSA) is 78.9 Å². The second-order valence-corrected chi connectivity index (χ2v) is 4.75. The molecular weight excluding hydrogens is 411 g/mol. The summed E-state index contributed by atoms with van der Waals surface area (Å²) >= 11 is 0. The summed E-state index contributed by atoms with van der Waals surface area (Å²) in [6.45, 7) is -2.18. The second kappa shape index (κ2) is 9.64. The lowest BCUT2D eigenvalue weighted by molar-refractivity contribution is -0.214. The molecular formula is C12H11F9O6. The van der Waals surface area contributed by atoms with Crippen LogP contribution in [-0.2, 0) is 28.6 Å². The van der Waals surface area contributed by atoms with Gasteiger partial charge in [-0.15, -0.1) is 0 Å². The summed E-state index contributed by atoms with van der Waals surface area (Å²) in [5.74, 6) is -8.02. The first kappa shape index (κ1) is 24.8. The highest BCUT2D eigenvalue weighted by atomic mass is 19.4. The number of carbonyl (C=O) groups is 3. The number of hydrogen-bond donors (Lipinski definition) is 0. The fraction of sp³-hybridized carbons (Fsp3) is 0.750. The van der Waals surface area contributed by atoms with Gasteiger partial charge in [-0.2, -0.15) is 39.5 Å². The molecule has 0 spiro atoms. The predicted molar refractivity (Wildman–Crippen MR) is 63.8 cm³/mol. The van der Waals surface area contributed by atoms with Crippen molar-refractivity contribution in [2.45, 2.75) is 43.9 Å². The standard InChI is InChI=1S/C12H11F9O6/c13-10(14,15)7(22)25-4-2-1-3-6(27-9(24)12(19,20)21)5-26-8(23)11(16,17)18/h6H,1-5H2. The van der Waals surface area contributed by atoms with Gasteiger partial charge in [-0.3, -0.25) is 0 Å². The van der Waals surface area contributed by atoms with E-state index in [4.69, 9.17) is 0 Å². The van der Waals surface area contributed by atoms with Gasteiger partial charge in [0.15, 0.2) is 0 Å². The zero-order valence-electron chi connectivity index (χ0n) is 13.0. The molecule has 0 aliphatic heterocycles. The lowest BCUT2D eigenvalue weighted by atomic mass is 10.1. The molecule has 1 unspecified atom stereocenters. The Bertz CT molecular complexity index is 523. The third kappa shape index (κ3) is 10.5. The van der Waals surface area contributed by atoms with E-state index in [2.05, 4.69) is 14.2 Å². The van der Waals surface area contributed by atoms with Gasteiger partial charge in [-0.1, -0.05) is 0 Å². The Labute approximate surface area is 144 Å². The largest absolute Gasteiger partial charge is 0.490 e. The van der Waals surface area contributed by atoms with Crippen LogP contribution in [0.1, 0.15) is 19.3 Å². The number of esters is 3. The number of carbonyl (C=O) groups excluding carboxylic acids is 3. The van der Waals surface area contributed by atoms with Gasteiger partial charge in [0, 0.05) is 0 Å². The Balaban J connectivity index is 4.56. The van der Waals surface area contributed by atoms with Crippen molar-refractivity contribution >= 4 is 17.9 Å². The molecule has 0 saturated carbocycles. The maximum atomic E-state index is 12.1. The Kier molecular flexibility index (Phi) is 8.85. The van der Waals surface area contributed by atoms with Gasteiger partial charge in [0.2, 0.25) is 0 Å². The minimum Gasteiger partial charge on any atom is -0.459 e. The minimum absolute atomic E-state index is 0.329. The molecule has 27 heavy (non-hydrogen) atoms. The van der Waals surface area contributed by atoms with Crippen LogP contribution < -0.4 is 0 Å². The van der Waals surface area contributed by atoms with Gasteiger partial charge < -0.3 is 14.2 Å². The Morgan fingerprint density at radius 3 is 1.56 bits per heavy atom. The van der Waals surface area contributed by atoms with E-state index in [-0.39, 0.29) is 12.8 Å². The smallest absolute Gasteiger partial charge is 0.459 e. The first-order valence-electron chi connectivity index (χ1n) is 6.81. The molecule has 0 fully saturated rings. The molecule has 15 heteroatoms. The van der Waals surface area contributed by atoms with Crippen molar-refractivity contribution in [3.05, 3.63) is 0 Å². The molecule has 0 aromatic rings. The van der Waals surface area contributed by atoms with E-state index in [1.165, 1.54) is 0 Å². The summed E-state index contributed by atoms with van der Waals surface area (Å²) < 4.78 is 119. The van der Waals surface area contributed by atoms with Crippen LogP contribution in [0.3, 0.4) is 0 Å². The van der Waals surface area contributed by atoms with E-state index in [1.54, 1.807) is 0 Å². The molecule has 0 aromatic carbocycles. The quantitative estimate of drug-likeness (QED) is 0.259. The number of hydrogen-bond acceptors (Lipinski definition) is 6. The maximum absolute atomic E-state index is 12.1. The zero-order chi connectivity index (χ0) is 21.5. The van der Waals surface area contributed by atoms with Crippen LogP contribution in [-0.4, -0.2) is 55.8 Å². The van der Waals surface area contributed by atoms with Crippen LogP contribution in [0.15, 0.2) is 0 Å². The summed E-state index contributed by atoms with van der Waals surface area (Å²) in [4.78, 5) is 31.6. The molecule has 1 atom stereocenters. The van der Waals surface area contributed by atoms with Crippen molar-refractivity contribution in [1.82, 2.24) is 0 Å². The van der Waals surface area contributed by atoms with Crippen LogP contribution in [0.4, 0.5) is 39.5 Å². The summed E-state index contributed by atoms with van der Waals surface area (Å²) in [5.41, 5.74) is 0. The lowest BCUT2D eigenvalue weighted by Gasteiger charge is -2.19. The van der Waals surface area contributed by atoms with E-state index < -0.39 is 62.2 Å². The molecule has 0 aliphatic rings. The fourth-order valence-electron chi connectivity index (χ4n) is 1.37. The third-order valence-corrected chi connectivity index (χ3v) is 2.52. The average Bonchev–Trinajstić information content (AvgIpc) is 2.48. The maximum Gasteiger partial charge on any atom is 0.490 e. The van der Waals surface area contributed by atoms with Crippen molar-refractivity contribution in [2.24, 2.45) is 0 Å². The van der Waals surface area contributed by atoms with E-state index >= 15 is 0 Å². The van der Waals surface area contributed by atoms with Gasteiger partial charge in [-0.05, 0) is 19.3 Å². The highest BCUT2D eigenvalue weighted by molar-refractivity contribution is 5.76. The molecule has 0 radical (unpaired) electrons. The molecule has 0 N–H and O–H groups in total. The van der Waals surface area contributed by atoms with Gasteiger partial charge in [0.25, 0.3) is 0 Å². The molecule has 0 saturated heterocycles. The van der Waals surface area contributed by atoms with E-state index in [9.17, 15) is 53.9 Å². The molecule has 0 heterocycles. The third-order valence-electron chi connectivity index (χ3n) is 2.52. The minimum atomic E-state index is -5.48. The van der Waals surface area contributed by atoms with Gasteiger partial charge >= 0.3 is 36.4 Å². The Hall–Kier alpha value is -2.22. The summed E-state index contributed by atoms with van der Waals surface area (Å²) in [6, 6.07) is 0. The SMILES string of the molecule is O=C(OCCCCC(COC(=O)C(F)(F)F)OC(=O)C(F)(F)F)C(F)(F)F. The molecule has 0 aliphatic carbocycles. The molecule has 0 rings (SSSR count). The molecule has 158 valence electrons. The van der Waals surface area contributed by atoms with E-state index in [0.29, 0.717) is 0 Å². The first-order chi connectivity index (χ1) is 12.0. The molecule has 0 amide bonds. The normalized spacial score (nSPS) is 13.7. The lowest BCUT2D eigenvalue weighted by Crippen LogP contribution is -2.35. The second-order valence-electron chi connectivity index (χ2n) is 4.75. The number of unbranched alkanes of at least 4 members (excludes halogenated alkanes) is 1. The highest BCUT2D eigenvalue weighted by Crippen LogP contribution is 2.21. The Morgan fingerprint density at radius 2 is 1.11 bits per heavy atom. The average molecular weight is 422 g/mol. The van der Waals surface area contributed by atoms with Gasteiger partial charge in [0.05, 0.1) is 6.61 Å². The van der Waals surface area contributed by atoms with Crippen molar-refractivity contribution in [3.8, 4) is 0 Å². The monoisotopic (exact) mass is 422 g/mol. The highest BCUT2D eigenvalue weighted by Gasteiger charge is 2.44. The van der Waals surface area contributed by atoms with Crippen molar-refractivity contribution in [1.29, 1.82) is 0 Å². The Morgan fingerprint density at radius 1 is 0.667 bits per heavy atom. The van der Waals surface area contributed by atoms with Gasteiger partial charge in [0.1, 0.15) is 12.7 Å². The fourth-order valence-corrected chi connectivity index (χ4v) is 1.37. The van der Waals surface area contributed by atoms with Crippen LogP contribution in [0, 0.1) is 0 Å². The van der Waals surface area contributed by atoms with Crippen LogP contribution >= 0.6 is 0 Å². The van der Waals surface area contributed by atoms with Gasteiger partial charge in [-0.25, -0.2) is 14.4 Å². The number of halogens is 9. The van der Waals surface area contributed by atoms with E-state index in [0.717, 1.165) is 0 Å². The first-order valence-corrected chi connectivity index (χ1v) is 6.81. The number of ether oxygens (including phenoxy) is 3.